The molecule has 192 valence electrons. The number of fused-ring (bicyclic) bond motifs is 1. The molecule has 2 aliphatic rings. The minimum Gasteiger partial charge on any atom is -0.406 e. The van der Waals surface area contributed by atoms with Crippen molar-refractivity contribution in [1.82, 2.24) is 5.32 Å². The smallest absolute Gasteiger partial charge is 0.406 e. The van der Waals surface area contributed by atoms with Gasteiger partial charge in [-0.1, -0.05) is 29.3 Å². The lowest BCUT2D eigenvalue weighted by Crippen LogP contribution is -2.57. The van der Waals surface area contributed by atoms with Crippen molar-refractivity contribution in [3.8, 4) is 5.75 Å². The van der Waals surface area contributed by atoms with Crippen molar-refractivity contribution < 1.29 is 37.0 Å². The normalized spacial score (nSPS) is 22.2. The first-order valence-electron chi connectivity index (χ1n) is 11.0. The molecule has 2 amide bonds. The molecule has 0 aromatic heterocycles. The van der Waals surface area contributed by atoms with Gasteiger partial charge in [0, 0.05) is 5.56 Å². The average Bonchev–Trinajstić information content (AvgIpc) is 3.32. The fraction of sp³-hybridized carbons (Fsp3) is 0.375. The summed E-state index contributed by atoms with van der Waals surface area (Å²) in [5, 5.41) is 3.26. The Hall–Kier alpha value is -2.82. The number of nitrogens with two attached hydrogens (primary N) is 1. The maximum absolute atomic E-state index is 13.7. The van der Waals surface area contributed by atoms with Crippen LogP contribution in [0.3, 0.4) is 0 Å². The molecule has 0 bridgehead atoms. The van der Waals surface area contributed by atoms with Gasteiger partial charge in [0.1, 0.15) is 17.9 Å². The third kappa shape index (κ3) is 5.30. The van der Waals surface area contributed by atoms with Gasteiger partial charge in [0.2, 0.25) is 11.8 Å². The first kappa shape index (κ1) is 26.2. The van der Waals surface area contributed by atoms with Crippen LogP contribution >= 0.6 is 23.2 Å². The van der Waals surface area contributed by atoms with Crippen molar-refractivity contribution in [2.75, 3.05) is 6.61 Å². The Morgan fingerprint density at radius 2 is 1.94 bits per heavy atom. The first-order valence-corrected chi connectivity index (χ1v) is 11.8. The van der Waals surface area contributed by atoms with Gasteiger partial charge in [-0.3, -0.25) is 14.4 Å². The third-order valence-corrected chi connectivity index (χ3v) is 7.22. The van der Waals surface area contributed by atoms with Crippen LogP contribution in [0.5, 0.6) is 5.75 Å². The lowest BCUT2D eigenvalue weighted by Gasteiger charge is -2.30. The van der Waals surface area contributed by atoms with E-state index in [1.807, 2.05) is 0 Å². The molecule has 1 heterocycles. The molecule has 2 aromatic rings. The van der Waals surface area contributed by atoms with Gasteiger partial charge in [-0.15, -0.1) is 13.2 Å². The van der Waals surface area contributed by atoms with E-state index in [1.165, 1.54) is 12.1 Å². The minimum atomic E-state index is -5.00. The van der Waals surface area contributed by atoms with Crippen molar-refractivity contribution in [1.29, 1.82) is 0 Å². The van der Waals surface area contributed by atoms with Gasteiger partial charge >= 0.3 is 6.36 Å². The van der Waals surface area contributed by atoms with Crippen LogP contribution in [0, 0.1) is 0 Å². The fourth-order valence-electron chi connectivity index (χ4n) is 4.84. The lowest BCUT2D eigenvalue weighted by atomic mass is 9.85. The van der Waals surface area contributed by atoms with E-state index in [9.17, 15) is 27.6 Å². The highest BCUT2D eigenvalue weighted by Gasteiger charge is 2.55. The standard InChI is InChI=1S/C24H21Cl2F3N2O5/c25-17-6-3-12(9-18(17)26)8-16(22(34)31-23-7-1-2-20(23)35-11-19(23)32)15-10-13(36-24(27,28)29)4-5-14(15)21(30)33/h3-6,9-10,16,20H,1-2,7-8,11H2,(H2,30,33)(H,31,34). The van der Waals surface area contributed by atoms with Gasteiger partial charge in [0.25, 0.3) is 0 Å². The zero-order valence-electron chi connectivity index (χ0n) is 18.7. The maximum atomic E-state index is 13.7. The molecule has 12 heteroatoms. The Labute approximate surface area is 214 Å². The van der Waals surface area contributed by atoms with E-state index in [-0.39, 0.29) is 40.0 Å². The molecule has 1 saturated carbocycles. The molecule has 4 rings (SSSR count). The average molecular weight is 545 g/mol. The molecule has 3 N–H and O–H groups in total. The highest BCUT2D eigenvalue weighted by molar-refractivity contribution is 6.42. The monoisotopic (exact) mass is 544 g/mol. The number of benzene rings is 2. The third-order valence-electron chi connectivity index (χ3n) is 6.48. The van der Waals surface area contributed by atoms with Crippen molar-refractivity contribution in [3.63, 3.8) is 0 Å². The van der Waals surface area contributed by atoms with Crippen LogP contribution in [0.25, 0.3) is 0 Å². The summed E-state index contributed by atoms with van der Waals surface area (Å²) < 4.78 is 48.3. The van der Waals surface area contributed by atoms with E-state index in [4.69, 9.17) is 33.7 Å². The minimum absolute atomic E-state index is 0.0890. The molecule has 0 radical (unpaired) electrons. The summed E-state index contributed by atoms with van der Waals surface area (Å²) in [6.07, 6.45) is -4.01. The number of hydrogen-bond acceptors (Lipinski definition) is 5. The Morgan fingerprint density at radius 3 is 2.61 bits per heavy atom. The summed E-state index contributed by atoms with van der Waals surface area (Å²) in [5.74, 6) is -3.78. The molecular weight excluding hydrogens is 524 g/mol. The molecular formula is C24H21Cl2F3N2O5. The summed E-state index contributed by atoms with van der Waals surface area (Å²) in [5.41, 5.74) is 4.51. The van der Waals surface area contributed by atoms with E-state index >= 15 is 0 Å². The number of halogens is 5. The fourth-order valence-corrected chi connectivity index (χ4v) is 5.16. The van der Waals surface area contributed by atoms with Gasteiger partial charge in [-0.2, -0.15) is 0 Å². The maximum Gasteiger partial charge on any atom is 0.573 e. The topological polar surface area (TPSA) is 108 Å². The number of alkyl halides is 3. The van der Waals surface area contributed by atoms with E-state index in [2.05, 4.69) is 10.1 Å². The van der Waals surface area contributed by atoms with Gasteiger partial charge < -0.3 is 20.5 Å². The van der Waals surface area contributed by atoms with E-state index in [1.54, 1.807) is 6.07 Å². The number of Topliss-reactive ketones (excluding diaryl/α,β-unsaturated/α-hetero) is 1. The number of amides is 2. The summed E-state index contributed by atoms with van der Waals surface area (Å²) in [6.45, 7) is -0.149. The molecule has 0 spiro atoms. The highest BCUT2D eigenvalue weighted by atomic mass is 35.5. The summed E-state index contributed by atoms with van der Waals surface area (Å²) in [4.78, 5) is 38.6. The lowest BCUT2D eigenvalue weighted by molar-refractivity contribution is -0.274. The van der Waals surface area contributed by atoms with Crippen LogP contribution in [0.4, 0.5) is 13.2 Å². The molecule has 3 unspecified atom stereocenters. The van der Waals surface area contributed by atoms with Gasteiger partial charge in [-0.25, -0.2) is 0 Å². The number of ketones is 1. The Morgan fingerprint density at radius 1 is 1.19 bits per heavy atom. The van der Waals surface area contributed by atoms with Crippen molar-refractivity contribution in [2.24, 2.45) is 5.73 Å². The molecule has 1 saturated heterocycles. The summed E-state index contributed by atoms with van der Waals surface area (Å²) in [7, 11) is 0. The summed E-state index contributed by atoms with van der Waals surface area (Å²) in [6, 6.07) is 7.55. The molecule has 7 nitrogen and oxygen atoms in total. The van der Waals surface area contributed by atoms with Crippen molar-refractivity contribution >= 4 is 40.8 Å². The predicted molar refractivity (Wildman–Crippen MR) is 124 cm³/mol. The second kappa shape index (κ2) is 9.91. The van der Waals surface area contributed by atoms with Crippen molar-refractivity contribution in [3.05, 3.63) is 63.1 Å². The van der Waals surface area contributed by atoms with E-state index < -0.39 is 41.5 Å². The Bertz CT molecular complexity index is 1220. The van der Waals surface area contributed by atoms with Gasteiger partial charge in [0.15, 0.2) is 5.78 Å². The molecule has 1 aliphatic heterocycles. The number of ether oxygens (including phenoxy) is 2. The molecule has 2 aromatic carbocycles. The molecule has 36 heavy (non-hydrogen) atoms. The van der Waals surface area contributed by atoms with Gasteiger partial charge in [-0.05, 0) is 67.1 Å². The number of carbonyl (C=O) groups excluding carboxylic acids is 3. The predicted octanol–water partition coefficient (Wildman–Crippen LogP) is 4.32. The van der Waals surface area contributed by atoms with E-state index in [0.717, 1.165) is 18.2 Å². The van der Waals surface area contributed by atoms with E-state index in [0.29, 0.717) is 24.8 Å². The second-order valence-corrected chi connectivity index (χ2v) is 9.56. The van der Waals surface area contributed by atoms with Crippen LogP contribution < -0.4 is 15.8 Å². The number of nitrogens with one attached hydrogen (secondary N) is 1. The largest absolute Gasteiger partial charge is 0.573 e. The Balaban J connectivity index is 1.78. The molecule has 3 atom stereocenters. The first-order chi connectivity index (χ1) is 16.9. The van der Waals surface area contributed by atoms with Gasteiger partial charge in [0.05, 0.1) is 22.1 Å². The van der Waals surface area contributed by atoms with Crippen LogP contribution in [0.15, 0.2) is 36.4 Å². The number of primary amides is 1. The zero-order chi connectivity index (χ0) is 26.3. The SMILES string of the molecule is NC(=O)c1ccc(OC(F)(F)F)cc1C(Cc1ccc(Cl)c(Cl)c1)C(=O)NC12CCCC1OCC2=O. The van der Waals surface area contributed by atoms with Crippen molar-refractivity contribution in [2.45, 2.75) is 49.6 Å². The quantitative estimate of drug-likeness (QED) is 0.539. The zero-order valence-corrected chi connectivity index (χ0v) is 20.2. The number of hydrogen-bond donors (Lipinski definition) is 2. The van der Waals surface area contributed by atoms with Crippen LogP contribution in [-0.4, -0.2) is 42.2 Å². The van der Waals surface area contributed by atoms with Crippen LogP contribution in [0.2, 0.25) is 10.0 Å². The molecule has 2 fully saturated rings. The summed E-state index contributed by atoms with van der Waals surface area (Å²) >= 11 is 12.1. The number of carbonyl (C=O) groups is 3. The number of rotatable bonds is 7. The Kier molecular flexibility index (Phi) is 7.23. The highest BCUT2D eigenvalue weighted by Crippen LogP contribution is 2.39. The van der Waals surface area contributed by atoms with Crippen LogP contribution in [-0.2, 0) is 20.7 Å². The molecule has 1 aliphatic carbocycles. The van der Waals surface area contributed by atoms with Crippen LogP contribution in [0.1, 0.15) is 46.7 Å². The second-order valence-electron chi connectivity index (χ2n) is 8.74.